The molecule has 1 N–H and O–H groups in total. The molecule has 26 heavy (non-hydrogen) atoms. The van der Waals surface area contributed by atoms with Gasteiger partial charge in [-0.05, 0) is 55.2 Å². The Morgan fingerprint density at radius 1 is 1.35 bits per heavy atom. The number of nitrogens with one attached hydrogen (secondary N) is 1. The van der Waals surface area contributed by atoms with E-state index in [-0.39, 0.29) is 5.41 Å². The van der Waals surface area contributed by atoms with E-state index < -0.39 is 0 Å². The molecule has 134 valence electrons. The Morgan fingerprint density at radius 3 is 2.73 bits per heavy atom. The summed E-state index contributed by atoms with van der Waals surface area (Å²) in [7, 11) is 3.73. The molecule has 1 spiro atoms. The molecule has 4 heteroatoms. The molecule has 7 rings (SSSR count). The highest BCUT2D eigenvalue weighted by molar-refractivity contribution is 6.01. The monoisotopic (exact) mass is 347 g/mol. The lowest BCUT2D eigenvalue weighted by atomic mass is 9.64. The smallest absolute Gasteiger partial charge is 0.134 e. The average molecular weight is 347 g/mol. The summed E-state index contributed by atoms with van der Waals surface area (Å²) in [6.07, 6.45) is 3.61. The fourth-order valence-corrected chi connectivity index (χ4v) is 5.86. The molecule has 1 aromatic carbocycles. The number of aliphatic imine (C=N–C) groups is 1. The Bertz CT molecular complexity index is 887. The fraction of sp³-hybridized carbons (Fsp3) is 0.591. The summed E-state index contributed by atoms with van der Waals surface area (Å²) in [5, 5.41) is 3.33. The molecule has 3 heterocycles. The second-order valence-electron chi connectivity index (χ2n) is 8.67. The van der Waals surface area contributed by atoms with E-state index >= 15 is 0 Å². The summed E-state index contributed by atoms with van der Waals surface area (Å²) < 4.78 is 5.71. The van der Waals surface area contributed by atoms with E-state index in [2.05, 4.69) is 41.1 Å². The topological polar surface area (TPSA) is 36.9 Å². The van der Waals surface area contributed by atoms with Crippen molar-refractivity contribution in [3.63, 3.8) is 0 Å². The highest BCUT2D eigenvalue weighted by Crippen LogP contribution is 2.75. The van der Waals surface area contributed by atoms with E-state index in [1.165, 1.54) is 31.4 Å². The van der Waals surface area contributed by atoms with Crippen LogP contribution < -0.4 is 10.1 Å². The number of benzene rings is 1. The molecule has 2 bridgehead atoms. The Kier molecular flexibility index (Phi) is 2.81. The van der Waals surface area contributed by atoms with Gasteiger partial charge in [0.05, 0.1) is 29.8 Å². The number of piperidine rings is 1. The van der Waals surface area contributed by atoms with Gasteiger partial charge in [-0.1, -0.05) is 18.3 Å². The Hall–Kier alpha value is -1.99. The van der Waals surface area contributed by atoms with Gasteiger partial charge in [0.1, 0.15) is 11.6 Å². The average Bonchev–Trinajstić information content (AvgIpc) is 3.35. The summed E-state index contributed by atoms with van der Waals surface area (Å²) in [5.74, 6) is 12.0. The van der Waals surface area contributed by atoms with Gasteiger partial charge in [-0.3, -0.25) is 4.90 Å². The minimum Gasteiger partial charge on any atom is -0.495 e. The molecule has 1 aromatic rings. The zero-order valence-corrected chi connectivity index (χ0v) is 15.7. The third kappa shape index (κ3) is 1.73. The van der Waals surface area contributed by atoms with Crippen molar-refractivity contribution >= 4 is 11.5 Å². The minimum absolute atomic E-state index is 0.0932. The number of rotatable bonds is 2. The van der Waals surface area contributed by atoms with Crippen LogP contribution in [0.5, 0.6) is 5.75 Å². The van der Waals surface area contributed by atoms with E-state index in [1.54, 1.807) is 7.11 Å². The highest BCUT2D eigenvalue weighted by Gasteiger charge is 2.80. The second kappa shape index (κ2) is 4.84. The largest absolute Gasteiger partial charge is 0.495 e. The van der Waals surface area contributed by atoms with Crippen LogP contribution in [0.2, 0.25) is 0 Å². The van der Waals surface area contributed by atoms with Crippen molar-refractivity contribution in [1.82, 2.24) is 10.2 Å². The van der Waals surface area contributed by atoms with Crippen molar-refractivity contribution in [2.45, 2.75) is 43.7 Å². The van der Waals surface area contributed by atoms with Crippen molar-refractivity contribution < 1.29 is 4.74 Å². The van der Waals surface area contributed by atoms with Gasteiger partial charge in [-0.15, -0.1) is 0 Å². The molecule has 2 saturated heterocycles. The van der Waals surface area contributed by atoms with Gasteiger partial charge in [0, 0.05) is 19.6 Å². The number of nitrogens with zero attached hydrogens (tertiary/aromatic N) is 2. The SMILES string of the molecule is CNC1=Nc2cc(C#C[C@H](C)N3CC4C5C4C53)c(OC)cc2C12CCC2. The highest BCUT2D eigenvalue weighted by atomic mass is 16.5. The summed E-state index contributed by atoms with van der Waals surface area (Å²) in [5.41, 5.74) is 3.44. The predicted octanol–water partition coefficient (Wildman–Crippen LogP) is 2.68. The number of ether oxygens (including phenoxy) is 1. The third-order valence-electron chi connectivity index (χ3n) is 7.62. The molecule has 2 unspecified atom stereocenters. The lowest BCUT2D eigenvalue weighted by Gasteiger charge is -2.40. The van der Waals surface area contributed by atoms with Crippen LogP contribution in [0.1, 0.15) is 37.3 Å². The minimum atomic E-state index is 0.0932. The standard InChI is InChI=1S/C22H25N3O/c1-12(25-11-14-18-19(14)20(18)25)5-6-13-9-16-15(10-17(13)26-3)22(7-4-8-22)21(23-2)24-16/h9-10,12,14,18-20H,4,7-8,11H2,1-3H3,(H,23,24)/t12-,14?,18?,19?,20?/m0/s1. The Morgan fingerprint density at radius 2 is 2.15 bits per heavy atom. The van der Waals surface area contributed by atoms with Gasteiger partial charge in [0.15, 0.2) is 0 Å². The maximum atomic E-state index is 5.71. The van der Waals surface area contributed by atoms with Crippen LogP contribution in [-0.2, 0) is 5.41 Å². The van der Waals surface area contributed by atoms with Crippen molar-refractivity contribution in [2.24, 2.45) is 22.7 Å². The summed E-state index contributed by atoms with van der Waals surface area (Å²) in [4.78, 5) is 7.48. The van der Waals surface area contributed by atoms with Crippen LogP contribution in [0.4, 0.5) is 5.69 Å². The number of hydrogen-bond donors (Lipinski definition) is 1. The molecule has 0 aromatic heterocycles. The molecular formula is C22H25N3O. The predicted molar refractivity (Wildman–Crippen MR) is 102 cm³/mol. The van der Waals surface area contributed by atoms with Crippen molar-refractivity contribution in [1.29, 1.82) is 0 Å². The normalized spacial score (nSPS) is 34.8. The molecule has 3 atom stereocenters. The third-order valence-corrected chi connectivity index (χ3v) is 7.62. The number of hydrogen-bond acceptors (Lipinski definition) is 4. The summed E-state index contributed by atoms with van der Waals surface area (Å²) in [6.45, 7) is 3.50. The Labute approximate surface area is 155 Å². The molecule has 0 radical (unpaired) electrons. The number of methoxy groups -OCH3 is 1. The van der Waals surface area contributed by atoms with Crippen LogP contribution in [-0.4, -0.2) is 43.5 Å². The fourth-order valence-electron chi connectivity index (χ4n) is 5.86. The number of fused-ring (bicyclic) bond motifs is 3. The zero-order chi connectivity index (χ0) is 17.6. The van der Waals surface area contributed by atoms with Gasteiger partial charge < -0.3 is 10.1 Å². The van der Waals surface area contributed by atoms with E-state index in [0.717, 1.165) is 46.6 Å². The molecule has 4 nitrogen and oxygen atoms in total. The maximum Gasteiger partial charge on any atom is 0.134 e. The van der Waals surface area contributed by atoms with Gasteiger partial charge in [0.2, 0.25) is 0 Å². The van der Waals surface area contributed by atoms with E-state index in [0.29, 0.717) is 6.04 Å². The van der Waals surface area contributed by atoms with Gasteiger partial charge >= 0.3 is 0 Å². The first-order valence-electron chi connectivity index (χ1n) is 9.94. The van der Waals surface area contributed by atoms with Crippen LogP contribution in [0.3, 0.4) is 0 Å². The lowest BCUT2D eigenvalue weighted by Crippen LogP contribution is -2.45. The first-order chi connectivity index (χ1) is 12.7. The zero-order valence-electron chi connectivity index (χ0n) is 15.7. The summed E-state index contributed by atoms with van der Waals surface area (Å²) in [6, 6.07) is 5.50. The van der Waals surface area contributed by atoms with Gasteiger partial charge in [0.25, 0.3) is 0 Å². The second-order valence-corrected chi connectivity index (χ2v) is 8.67. The van der Waals surface area contributed by atoms with Crippen molar-refractivity contribution in [2.75, 3.05) is 20.7 Å². The molecule has 3 saturated carbocycles. The van der Waals surface area contributed by atoms with Gasteiger partial charge in [-0.25, -0.2) is 4.99 Å². The van der Waals surface area contributed by atoms with Crippen LogP contribution in [0, 0.1) is 29.6 Å². The first kappa shape index (κ1) is 15.1. The number of likely N-dealkylation sites (N-methyl/N-ethyl adjacent to an activating group) is 1. The van der Waals surface area contributed by atoms with Crippen LogP contribution in [0.25, 0.3) is 0 Å². The number of amidine groups is 1. The molecule has 6 aliphatic rings. The quantitative estimate of drug-likeness (QED) is 0.836. The Balaban J connectivity index is 1.33. The maximum absolute atomic E-state index is 5.71. The van der Waals surface area contributed by atoms with Crippen LogP contribution in [0.15, 0.2) is 17.1 Å². The van der Waals surface area contributed by atoms with E-state index in [4.69, 9.17) is 9.73 Å². The van der Waals surface area contributed by atoms with Gasteiger partial charge in [-0.2, -0.15) is 0 Å². The van der Waals surface area contributed by atoms with Crippen molar-refractivity contribution in [3.8, 4) is 17.6 Å². The molecule has 5 fully saturated rings. The first-order valence-corrected chi connectivity index (χ1v) is 9.94. The molecular weight excluding hydrogens is 322 g/mol. The van der Waals surface area contributed by atoms with Crippen LogP contribution >= 0.6 is 0 Å². The lowest BCUT2D eigenvalue weighted by molar-refractivity contribution is 0.290. The van der Waals surface area contributed by atoms with E-state index in [9.17, 15) is 0 Å². The van der Waals surface area contributed by atoms with E-state index in [1.807, 2.05) is 7.05 Å². The van der Waals surface area contributed by atoms with Crippen molar-refractivity contribution in [3.05, 3.63) is 23.3 Å². The molecule has 0 amide bonds. The molecule has 3 aliphatic carbocycles. The summed E-state index contributed by atoms with van der Waals surface area (Å²) >= 11 is 0. The molecule has 3 aliphatic heterocycles.